The van der Waals surface area contributed by atoms with E-state index in [-0.39, 0.29) is 0 Å². The van der Waals surface area contributed by atoms with Crippen molar-refractivity contribution in [3.8, 4) is 11.3 Å². The van der Waals surface area contributed by atoms with Crippen molar-refractivity contribution >= 4 is 66.6 Å². The smallest absolute Gasteiger partial charge is 0.150 e. The van der Waals surface area contributed by atoms with Crippen LogP contribution < -0.4 is 9.80 Å². The number of hydrogen-bond acceptors (Lipinski definition) is 6. The minimum Gasteiger partial charge on any atom is -0.377 e. The van der Waals surface area contributed by atoms with Crippen LogP contribution in [-0.4, -0.2) is 48.1 Å². The first-order valence-electron chi connectivity index (χ1n) is 16.6. The Labute approximate surface area is 299 Å². The van der Waals surface area contributed by atoms with E-state index >= 15 is 0 Å². The second-order valence-corrected chi connectivity index (χ2v) is 13.1. The topological polar surface area (TPSA) is 58.0 Å². The Kier molecular flexibility index (Phi) is 10.2. The molecule has 0 amide bonds. The van der Waals surface area contributed by atoms with Gasteiger partial charge in [-0.3, -0.25) is 0 Å². The van der Waals surface area contributed by atoms with Gasteiger partial charge in [-0.1, -0.05) is 90.5 Å². The van der Waals surface area contributed by atoms with Crippen LogP contribution in [0, 0.1) is 20.8 Å². The number of aromatic nitrogens is 4. The summed E-state index contributed by atoms with van der Waals surface area (Å²) >= 11 is 5.81. The molecule has 0 saturated carbocycles. The Morgan fingerprint density at radius 3 is 1.46 bits per heavy atom. The summed E-state index contributed by atoms with van der Waals surface area (Å²) < 4.78 is 0. The third kappa shape index (κ3) is 7.51. The van der Waals surface area contributed by atoms with Gasteiger partial charge in [-0.25, -0.2) is 19.9 Å². The fourth-order valence-corrected chi connectivity index (χ4v) is 6.17. The summed E-state index contributed by atoms with van der Waals surface area (Å²) in [5.41, 5.74) is 11.2. The number of rotatable bonds is 3. The van der Waals surface area contributed by atoms with Crippen molar-refractivity contribution in [2.24, 2.45) is 0 Å². The highest BCUT2D eigenvalue weighted by atomic mass is 35.5. The van der Waals surface area contributed by atoms with Crippen LogP contribution in [0.1, 0.15) is 17.0 Å². The van der Waals surface area contributed by atoms with E-state index in [4.69, 9.17) is 21.6 Å². The number of nitrogens with zero attached hydrogens (tertiary/aromatic N) is 6. The Morgan fingerprint density at radius 2 is 0.900 bits per heavy atom. The van der Waals surface area contributed by atoms with E-state index in [1.165, 1.54) is 38.5 Å². The van der Waals surface area contributed by atoms with Gasteiger partial charge in [-0.15, -0.1) is 0 Å². The van der Waals surface area contributed by atoms with Crippen molar-refractivity contribution < 1.29 is 0 Å². The van der Waals surface area contributed by atoms with Crippen LogP contribution in [0.4, 0.5) is 11.4 Å². The van der Waals surface area contributed by atoms with E-state index in [1.807, 2.05) is 62.4 Å². The van der Waals surface area contributed by atoms with Crippen molar-refractivity contribution in [3.05, 3.63) is 143 Å². The number of para-hydroxylation sites is 4. The largest absolute Gasteiger partial charge is 0.377 e. The molecule has 0 bridgehead atoms. The van der Waals surface area contributed by atoms with Gasteiger partial charge in [0.05, 0.1) is 39.1 Å². The number of halogens is 1. The molecule has 0 spiro atoms. The standard InChI is InChI=1S/C21H19N3.C13H15N.C9H7ClN2/c1-14-21(23-19-11-7-6-10-18(19)22-14)16-12-15-8-4-5-9-17(15)20(13-16)24(2)3;1-10-8-11-6-4-5-7-12(11)13(9-10)14(2)3;1-6-9(10)12-8-5-3-2-4-7(8)11-6/h4-13H,1-3H3;4-9H,1-3H3;2-5H,1H3. The second kappa shape index (κ2) is 14.9. The summed E-state index contributed by atoms with van der Waals surface area (Å²) in [7, 11) is 8.32. The fraction of sp³-hybridized carbons (Fsp3) is 0.163. The molecule has 0 aliphatic heterocycles. The molecule has 2 aromatic heterocycles. The second-order valence-electron chi connectivity index (χ2n) is 12.7. The zero-order valence-corrected chi connectivity index (χ0v) is 30.4. The Bertz CT molecular complexity index is 2410. The highest BCUT2D eigenvalue weighted by Crippen LogP contribution is 2.33. The third-order valence-corrected chi connectivity index (χ3v) is 8.85. The summed E-state index contributed by atoms with van der Waals surface area (Å²) in [5.74, 6) is 0. The maximum atomic E-state index is 5.81. The monoisotopic (exact) mass is 676 g/mol. The molecule has 0 radical (unpaired) electrons. The number of anilines is 2. The number of fused-ring (bicyclic) bond motifs is 4. The third-order valence-electron chi connectivity index (χ3n) is 8.49. The SMILES string of the molecule is Cc1cc(N(C)C)c2ccccc2c1.Cc1nc2ccccc2nc1-c1cc(N(C)C)c2ccccc2c1.Cc1nc2ccccc2nc1Cl. The zero-order valence-electron chi connectivity index (χ0n) is 29.6. The lowest BCUT2D eigenvalue weighted by molar-refractivity contribution is 1.14. The molecule has 0 saturated heterocycles. The van der Waals surface area contributed by atoms with Crippen molar-refractivity contribution in [2.75, 3.05) is 38.0 Å². The molecule has 7 heteroatoms. The number of hydrogen-bond donors (Lipinski definition) is 0. The van der Waals surface area contributed by atoms with Crippen LogP contribution in [-0.2, 0) is 0 Å². The molecule has 0 aliphatic rings. The van der Waals surface area contributed by atoms with E-state index in [9.17, 15) is 0 Å². The highest BCUT2D eigenvalue weighted by Gasteiger charge is 2.12. The van der Waals surface area contributed by atoms with Crippen molar-refractivity contribution in [3.63, 3.8) is 0 Å². The molecule has 8 aromatic rings. The molecule has 0 aliphatic carbocycles. The van der Waals surface area contributed by atoms with E-state index in [0.717, 1.165) is 44.7 Å². The molecule has 6 aromatic carbocycles. The molecule has 50 heavy (non-hydrogen) atoms. The molecule has 2 heterocycles. The lowest BCUT2D eigenvalue weighted by atomic mass is 10.0. The summed E-state index contributed by atoms with van der Waals surface area (Å²) in [6.45, 7) is 6.01. The van der Waals surface area contributed by atoms with Gasteiger partial charge in [0, 0.05) is 55.9 Å². The molecule has 250 valence electrons. The van der Waals surface area contributed by atoms with Gasteiger partial charge in [0.15, 0.2) is 5.15 Å². The zero-order chi connectivity index (χ0) is 35.4. The lowest BCUT2D eigenvalue weighted by Crippen LogP contribution is -2.09. The van der Waals surface area contributed by atoms with Crippen molar-refractivity contribution in [1.29, 1.82) is 0 Å². The van der Waals surface area contributed by atoms with Crippen LogP contribution in [0.5, 0.6) is 0 Å². The first kappa shape index (κ1) is 34.3. The predicted molar refractivity (Wildman–Crippen MR) is 214 cm³/mol. The van der Waals surface area contributed by atoms with Gasteiger partial charge in [0.25, 0.3) is 0 Å². The molecule has 0 fully saturated rings. The van der Waals surface area contributed by atoms with E-state index in [1.54, 1.807) is 0 Å². The number of aryl methyl sites for hydroxylation is 3. The summed E-state index contributed by atoms with van der Waals surface area (Å²) in [5, 5.41) is 5.58. The average molecular weight is 677 g/mol. The fourth-order valence-electron chi connectivity index (χ4n) is 6.03. The first-order chi connectivity index (χ1) is 24.1. The lowest BCUT2D eigenvalue weighted by Gasteiger charge is -2.18. The van der Waals surface area contributed by atoms with Crippen LogP contribution in [0.15, 0.2) is 121 Å². The molecule has 8 rings (SSSR count). The highest BCUT2D eigenvalue weighted by molar-refractivity contribution is 6.30. The predicted octanol–water partition coefficient (Wildman–Crippen LogP) is 10.6. The van der Waals surface area contributed by atoms with Crippen LogP contribution >= 0.6 is 11.6 Å². The molecular formula is C43H41ClN6. The maximum Gasteiger partial charge on any atom is 0.150 e. The quantitative estimate of drug-likeness (QED) is 0.186. The minimum absolute atomic E-state index is 0.480. The van der Waals surface area contributed by atoms with E-state index < -0.39 is 0 Å². The Hall–Kier alpha value is -5.59. The van der Waals surface area contributed by atoms with Gasteiger partial charge < -0.3 is 9.80 Å². The van der Waals surface area contributed by atoms with Crippen LogP contribution in [0.2, 0.25) is 5.15 Å². The molecule has 6 nitrogen and oxygen atoms in total. The summed E-state index contributed by atoms with van der Waals surface area (Å²) in [6.07, 6.45) is 0. The van der Waals surface area contributed by atoms with Crippen LogP contribution in [0.3, 0.4) is 0 Å². The van der Waals surface area contributed by atoms with Gasteiger partial charge >= 0.3 is 0 Å². The minimum atomic E-state index is 0.480. The van der Waals surface area contributed by atoms with Gasteiger partial charge in [0.1, 0.15) is 0 Å². The molecular weight excluding hydrogens is 636 g/mol. The van der Waals surface area contributed by atoms with Crippen molar-refractivity contribution in [2.45, 2.75) is 20.8 Å². The molecule has 0 unspecified atom stereocenters. The van der Waals surface area contributed by atoms with Crippen molar-refractivity contribution in [1.82, 2.24) is 19.9 Å². The normalized spacial score (nSPS) is 10.8. The molecule has 0 N–H and O–H groups in total. The summed E-state index contributed by atoms with van der Waals surface area (Å²) in [6, 6.07) is 41.5. The number of benzene rings is 6. The Morgan fingerprint density at radius 1 is 0.460 bits per heavy atom. The van der Waals surface area contributed by atoms with E-state index in [2.05, 4.69) is 128 Å². The first-order valence-corrected chi connectivity index (χ1v) is 17.0. The Balaban J connectivity index is 0.000000141. The van der Waals surface area contributed by atoms with Gasteiger partial charge in [-0.05, 0) is 79.6 Å². The maximum absolute atomic E-state index is 5.81. The summed E-state index contributed by atoms with van der Waals surface area (Å²) in [4.78, 5) is 22.4. The molecule has 0 atom stereocenters. The van der Waals surface area contributed by atoms with E-state index in [0.29, 0.717) is 5.15 Å². The van der Waals surface area contributed by atoms with Gasteiger partial charge in [-0.2, -0.15) is 0 Å². The van der Waals surface area contributed by atoms with Crippen LogP contribution in [0.25, 0.3) is 54.9 Å². The van der Waals surface area contributed by atoms with Gasteiger partial charge in [0.2, 0.25) is 0 Å². The average Bonchev–Trinajstić information content (AvgIpc) is 3.11.